The van der Waals surface area contributed by atoms with Gasteiger partial charge in [0.25, 0.3) is 0 Å². The number of nitrogens with zero attached hydrogens (tertiary/aromatic N) is 3. The number of pyridine rings is 2. The minimum atomic E-state index is -4.64. The van der Waals surface area contributed by atoms with Gasteiger partial charge in [0.2, 0.25) is 5.88 Å². The average molecular weight is 414 g/mol. The number of nitrogens with one attached hydrogen (secondary N) is 1. The molecule has 1 atom stereocenters. The first-order valence-corrected chi connectivity index (χ1v) is 9.37. The van der Waals surface area contributed by atoms with Crippen molar-refractivity contribution in [3.63, 3.8) is 0 Å². The number of halogens is 3. The number of hydrogen-bond acceptors (Lipinski definition) is 6. The standard InChI is InChI=1S/C17H17F3N4O3S/c1-8-6-21-12(9(2)13(8)26-3)7-28(25)16-22-11-5-10(17(18,19)20)15(27-4)23-14(11)24-16/h5-6H,7H2,1-4H3,(H,22,23,24). The molecule has 0 aliphatic rings. The van der Waals surface area contributed by atoms with Gasteiger partial charge in [-0.1, -0.05) is 0 Å². The molecule has 7 nitrogen and oxygen atoms in total. The summed E-state index contributed by atoms with van der Waals surface area (Å²) in [5.41, 5.74) is 1.09. The predicted molar refractivity (Wildman–Crippen MR) is 95.8 cm³/mol. The molecule has 3 aromatic rings. The van der Waals surface area contributed by atoms with Crippen LogP contribution in [0.2, 0.25) is 0 Å². The maximum absolute atomic E-state index is 13.1. The SMILES string of the molecule is COc1nc2nc(S(=O)Cc3ncc(C)c(OC)c3C)[nH]c2cc1C(F)(F)F. The molecule has 0 fully saturated rings. The summed E-state index contributed by atoms with van der Waals surface area (Å²) >= 11 is 0. The van der Waals surface area contributed by atoms with Crippen molar-refractivity contribution in [2.75, 3.05) is 14.2 Å². The lowest BCUT2D eigenvalue weighted by molar-refractivity contribution is -0.139. The van der Waals surface area contributed by atoms with Gasteiger partial charge in [0, 0.05) is 17.3 Å². The number of fused-ring (bicyclic) bond motifs is 1. The topological polar surface area (TPSA) is 90.0 Å². The number of alkyl halides is 3. The highest BCUT2D eigenvalue weighted by Gasteiger charge is 2.36. The summed E-state index contributed by atoms with van der Waals surface area (Å²) in [6.45, 7) is 3.64. The van der Waals surface area contributed by atoms with E-state index in [1.54, 1.807) is 13.1 Å². The van der Waals surface area contributed by atoms with E-state index >= 15 is 0 Å². The molecule has 150 valence electrons. The molecule has 11 heteroatoms. The second-order valence-corrected chi connectivity index (χ2v) is 7.36. The molecule has 0 aromatic carbocycles. The first-order valence-electron chi connectivity index (χ1n) is 8.05. The minimum Gasteiger partial charge on any atom is -0.496 e. The molecule has 1 unspecified atom stereocenters. The second kappa shape index (κ2) is 7.38. The fourth-order valence-corrected chi connectivity index (χ4v) is 3.87. The maximum atomic E-state index is 13.1. The van der Waals surface area contributed by atoms with E-state index in [0.717, 1.165) is 24.3 Å². The molecular weight excluding hydrogens is 397 g/mol. The Morgan fingerprint density at radius 2 is 1.89 bits per heavy atom. The molecule has 28 heavy (non-hydrogen) atoms. The molecule has 3 heterocycles. The third-order valence-electron chi connectivity index (χ3n) is 4.15. The Hall–Kier alpha value is -2.69. The van der Waals surface area contributed by atoms with Crippen LogP contribution in [0.1, 0.15) is 22.4 Å². The Morgan fingerprint density at radius 3 is 2.50 bits per heavy atom. The molecule has 0 spiro atoms. The van der Waals surface area contributed by atoms with Crippen LogP contribution in [-0.2, 0) is 22.7 Å². The van der Waals surface area contributed by atoms with E-state index in [2.05, 4.69) is 19.9 Å². The third kappa shape index (κ3) is 3.66. The maximum Gasteiger partial charge on any atom is 0.421 e. The zero-order valence-electron chi connectivity index (χ0n) is 15.5. The van der Waals surface area contributed by atoms with Gasteiger partial charge >= 0.3 is 6.18 Å². The number of aromatic nitrogens is 4. The number of hydrogen-bond donors (Lipinski definition) is 1. The first kappa shape index (κ1) is 20.1. The molecule has 0 saturated heterocycles. The highest BCUT2D eigenvalue weighted by atomic mass is 32.2. The number of aromatic amines is 1. The number of rotatable bonds is 5. The van der Waals surface area contributed by atoms with Crippen molar-refractivity contribution in [3.8, 4) is 11.6 Å². The van der Waals surface area contributed by atoms with Crippen molar-refractivity contribution < 1.29 is 26.9 Å². The largest absolute Gasteiger partial charge is 0.496 e. The molecular formula is C17H17F3N4O3S. The summed E-state index contributed by atoms with van der Waals surface area (Å²) in [6, 6.07) is 0.841. The summed E-state index contributed by atoms with van der Waals surface area (Å²) < 4.78 is 62.1. The Bertz CT molecular complexity index is 1070. The van der Waals surface area contributed by atoms with Gasteiger partial charge in [-0.05, 0) is 19.9 Å². The number of methoxy groups -OCH3 is 2. The Labute approximate surface area is 160 Å². The molecule has 0 aliphatic carbocycles. The van der Waals surface area contributed by atoms with E-state index in [-0.39, 0.29) is 22.1 Å². The van der Waals surface area contributed by atoms with E-state index in [1.807, 2.05) is 6.92 Å². The normalized spacial score (nSPS) is 13.0. The van der Waals surface area contributed by atoms with E-state index in [9.17, 15) is 17.4 Å². The quantitative estimate of drug-likeness (QED) is 0.689. The van der Waals surface area contributed by atoms with E-state index < -0.39 is 28.4 Å². The van der Waals surface area contributed by atoms with Crippen LogP contribution in [0.15, 0.2) is 17.4 Å². The number of H-pyrrole nitrogens is 1. The van der Waals surface area contributed by atoms with Gasteiger partial charge in [0.15, 0.2) is 10.8 Å². The fourth-order valence-electron chi connectivity index (χ4n) is 2.78. The predicted octanol–water partition coefficient (Wildman–Crippen LogP) is 3.31. The molecule has 0 bridgehead atoms. The van der Waals surface area contributed by atoms with Crippen molar-refractivity contribution in [1.29, 1.82) is 0 Å². The van der Waals surface area contributed by atoms with Crippen molar-refractivity contribution in [2.24, 2.45) is 0 Å². The first-order chi connectivity index (χ1) is 13.2. The molecule has 3 rings (SSSR count). The van der Waals surface area contributed by atoms with Crippen LogP contribution in [0.3, 0.4) is 0 Å². The van der Waals surface area contributed by atoms with Gasteiger partial charge < -0.3 is 14.5 Å². The molecule has 0 radical (unpaired) electrons. The van der Waals surface area contributed by atoms with Crippen LogP contribution in [0, 0.1) is 13.8 Å². The van der Waals surface area contributed by atoms with Crippen LogP contribution < -0.4 is 9.47 Å². The van der Waals surface area contributed by atoms with Crippen LogP contribution in [-0.4, -0.2) is 38.4 Å². The number of imidazole rings is 1. The van der Waals surface area contributed by atoms with Crippen LogP contribution in [0.5, 0.6) is 11.6 Å². The minimum absolute atomic E-state index is 0.00428. The number of aryl methyl sites for hydroxylation is 1. The summed E-state index contributed by atoms with van der Waals surface area (Å²) in [4.78, 5) is 14.8. The van der Waals surface area contributed by atoms with E-state index in [0.29, 0.717) is 11.4 Å². The molecule has 0 aliphatic heterocycles. The summed E-state index contributed by atoms with van der Waals surface area (Å²) in [5.74, 6) is 0.0726. The Kier molecular flexibility index (Phi) is 5.28. The molecule has 0 amide bonds. The van der Waals surface area contributed by atoms with Gasteiger partial charge in [-0.25, -0.2) is 4.98 Å². The molecule has 0 saturated carbocycles. The lowest BCUT2D eigenvalue weighted by Crippen LogP contribution is -2.08. The lowest BCUT2D eigenvalue weighted by atomic mass is 10.1. The van der Waals surface area contributed by atoms with Gasteiger partial charge in [-0.3, -0.25) is 9.19 Å². The smallest absolute Gasteiger partial charge is 0.421 e. The lowest BCUT2D eigenvalue weighted by Gasteiger charge is -2.11. The zero-order valence-corrected chi connectivity index (χ0v) is 16.3. The Balaban J connectivity index is 1.97. The van der Waals surface area contributed by atoms with Gasteiger partial charge in [0.05, 0.1) is 42.0 Å². The second-order valence-electron chi connectivity index (χ2n) is 5.99. The van der Waals surface area contributed by atoms with Crippen LogP contribution in [0.4, 0.5) is 13.2 Å². The van der Waals surface area contributed by atoms with Crippen LogP contribution >= 0.6 is 0 Å². The monoisotopic (exact) mass is 414 g/mol. The van der Waals surface area contributed by atoms with Gasteiger partial charge in [0.1, 0.15) is 11.3 Å². The van der Waals surface area contributed by atoms with Crippen molar-refractivity contribution in [3.05, 3.63) is 34.6 Å². The van der Waals surface area contributed by atoms with Crippen molar-refractivity contribution in [2.45, 2.75) is 30.9 Å². The molecule has 1 N–H and O–H groups in total. The highest BCUT2D eigenvalue weighted by molar-refractivity contribution is 7.84. The van der Waals surface area contributed by atoms with Gasteiger partial charge in [-0.2, -0.15) is 18.2 Å². The van der Waals surface area contributed by atoms with E-state index in [1.165, 1.54) is 7.11 Å². The highest BCUT2D eigenvalue weighted by Crippen LogP contribution is 2.36. The third-order valence-corrected chi connectivity index (χ3v) is 5.31. The van der Waals surface area contributed by atoms with Crippen molar-refractivity contribution >= 4 is 22.0 Å². The average Bonchev–Trinajstić information content (AvgIpc) is 3.06. The van der Waals surface area contributed by atoms with Crippen molar-refractivity contribution in [1.82, 2.24) is 19.9 Å². The number of ether oxygens (including phenoxy) is 2. The molecule has 3 aromatic heterocycles. The summed E-state index contributed by atoms with van der Waals surface area (Å²) in [7, 11) is 0.949. The fraction of sp³-hybridized carbons (Fsp3) is 0.353. The summed E-state index contributed by atoms with van der Waals surface area (Å²) in [6.07, 6.45) is -3.03. The van der Waals surface area contributed by atoms with Crippen LogP contribution in [0.25, 0.3) is 11.2 Å². The van der Waals surface area contributed by atoms with Gasteiger partial charge in [-0.15, -0.1) is 0 Å². The zero-order chi connectivity index (χ0) is 20.6. The Morgan fingerprint density at radius 1 is 1.18 bits per heavy atom. The van der Waals surface area contributed by atoms with E-state index in [4.69, 9.17) is 9.47 Å². The summed E-state index contributed by atoms with van der Waals surface area (Å²) in [5, 5.41) is 0.00428.